The van der Waals surface area contributed by atoms with Gasteiger partial charge in [0, 0.05) is 42.0 Å². The molecule has 0 saturated carbocycles. The van der Waals surface area contributed by atoms with E-state index in [0.29, 0.717) is 30.5 Å². The van der Waals surface area contributed by atoms with Crippen molar-refractivity contribution in [2.24, 2.45) is 0 Å². The molecule has 0 radical (unpaired) electrons. The van der Waals surface area contributed by atoms with Gasteiger partial charge in [0.15, 0.2) is 12.1 Å². The number of rotatable bonds is 12. The molecule has 0 spiro atoms. The second-order valence-corrected chi connectivity index (χ2v) is 13.6. The van der Waals surface area contributed by atoms with Gasteiger partial charge in [-0.3, -0.25) is 0 Å². The summed E-state index contributed by atoms with van der Waals surface area (Å²) < 4.78 is 19.7. The maximum atomic E-state index is 11.9. The van der Waals surface area contributed by atoms with Gasteiger partial charge >= 0.3 is 6.03 Å². The number of nitrogens with zero attached hydrogens (tertiary/aromatic N) is 1. The standard InChI is InChI=1S/C43H41N3O5S/c1-2-44-42(48)45-26-30-10-9-15-36(24-30)31-20-22-35(23-21-31)41-49-37(25-38(50-41)32-18-16-29(27-47)17-19-32)28-52-43-46-39(33-11-5-3-6-12-33)40(51-43)34-13-7-4-8-14-34/h3-24,37-38,41,47H,2,25-28H2,1H3,(H2,44,45,48)/t37-,38+,41+/m0/s1. The van der Waals surface area contributed by atoms with E-state index >= 15 is 0 Å². The van der Waals surface area contributed by atoms with Gasteiger partial charge in [0.1, 0.15) is 5.69 Å². The Morgan fingerprint density at radius 3 is 2.15 bits per heavy atom. The van der Waals surface area contributed by atoms with Crippen molar-refractivity contribution in [3.63, 3.8) is 0 Å². The Hall–Kier alpha value is -5.19. The molecule has 3 atom stereocenters. The van der Waals surface area contributed by atoms with E-state index in [4.69, 9.17) is 18.9 Å². The second kappa shape index (κ2) is 16.9. The largest absolute Gasteiger partial charge is 0.431 e. The SMILES string of the molecule is CCNC(=O)NCc1cccc(-c2ccc([C@@H]3O[C@H](CSc4nc(-c5ccccc5)c(-c5ccccc5)o4)C[C@H](c4ccc(CO)cc4)O3)cc2)c1. The van der Waals surface area contributed by atoms with Crippen LogP contribution < -0.4 is 10.6 Å². The zero-order valence-electron chi connectivity index (χ0n) is 28.9. The van der Waals surface area contributed by atoms with Crippen molar-refractivity contribution in [1.82, 2.24) is 15.6 Å². The molecule has 0 bridgehead atoms. The minimum atomic E-state index is -0.590. The van der Waals surface area contributed by atoms with Crippen LogP contribution in [0.4, 0.5) is 4.79 Å². The first-order valence-electron chi connectivity index (χ1n) is 17.5. The number of hydrogen-bond acceptors (Lipinski definition) is 7. The molecule has 264 valence electrons. The van der Waals surface area contributed by atoms with Gasteiger partial charge in [-0.2, -0.15) is 0 Å². The van der Waals surface area contributed by atoms with Crippen molar-refractivity contribution < 1.29 is 23.8 Å². The Bertz CT molecular complexity index is 2000. The topological polar surface area (TPSA) is 106 Å². The number of urea groups is 1. The number of benzene rings is 5. The van der Waals surface area contributed by atoms with Crippen LogP contribution in [0.5, 0.6) is 0 Å². The van der Waals surface area contributed by atoms with Gasteiger partial charge in [-0.05, 0) is 40.8 Å². The highest BCUT2D eigenvalue weighted by Gasteiger charge is 2.33. The van der Waals surface area contributed by atoms with E-state index in [1.54, 1.807) is 0 Å². The fourth-order valence-electron chi connectivity index (χ4n) is 6.23. The van der Waals surface area contributed by atoms with E-state index in [1.165, 1.54) is 11.8 Å². The van der Waals surface area contributed by atoms with Gasteiger partial charge in [-0.25, -0.2) is 9.78 Å². The van der Waals surface area contributed by atoms with Crippen LogP contribution in [0, 0.1) is 0 Å². The minimum Gasteiger partial charge on any atom is -0.431 e. The molecule has 1 fully saturated rings. The summed E-state index contributed by atoms with van der Waals surface area (Å²) in [6.45, 7) is 2.90. The highest BCUT2D eigenvalue weighted by molar-refractivity contribution is 7.99. The summed E-state index contributed by atoms with van der Waals surface area (Å²) in [5.74, 6) is 1.36. The van der Waals surface area contributed by atoms with Crippen LogP contribution in [0.1, 0.15) is 48.0 Å². The normalized spacial score (nSPS) is 17.1. The summed E-state index contributed by atoms with van der Waals surface area (Å²) in [6.07, 6.45) is -0.315. The number of nitrogens with one attached hydrogen (secondary N) is 2. The molecule has 52 heavy (non-hydrogen) atoms. The first kappa shape index (κ1) is 35.2. The molecular formula is C43H41N3O5S. The number of amides is 2. The average molecular weight is 712 g/mol. The fraction of sp³-hybridized carbons (Fsp3) is 0.209. The lowest BCUT2D eigenvalue weighted by Gasteiger charge is -2.36. The molecule has 5 aromatic carbocycles. The molecular weight excluding hydrogens is 671 g/mol. The molecule has 1 aliphatic rings. The Labute approximate surface area is 308 Å². The number of oxazole rings is 1. The van der Waals surface area contributed by atoms with Crippen molar-refractivity contribution in [3.8, 4) is 33.7 Å². The third-order valence-electron chi connectivity index (χ3n) is 8.93. The summed E-state index contributed by atoms with van der Waals surface area (Å²) >= 11 is 1.54. The van der Waals surface area contributed by atoms with Crippen LogP contribution in [0.15, 0.2) is 143 Å². The lowest BCUT2D eigenvalue weighted by Crippen LogP contribution is -2.34. The minimum absolute atomic E-state index is 0.0111. The van der Waals surface area contributed by atoms with Gasteiger partial charge in [-0.1, -0.05) is 139 Å². The summed E-state index contributed by atoms with van der Waals surface area (Å²) in [5, 5.41) is 15.9. The highest BCUT2D eigenvalue weighted by Crippen LogP contribution is 2.41. The van der Waals surface area contributed by atoms with Gasteiger partial charge in [-0.15, -0.1) is 0 Å². The third-order valence-corrected chi connectivity index (χ3v) is 9.89. The first-order chi connectivity index (χ1) is 25.6. The smallest absolute Gasteiger partial charge is 0.315 e. The van der Waals surface area contributed by atoms with E-state index in [9.17, 15) is 9.90 Å². The van der Waals surface area contributed by atoms with E-state index < -0.39 is 6.29 Å². The maximum absolute atomic E-state index is 11.9. The van der Waals surface area contributed by atoms with Gasteiger partial charge in [0.2, 0.25) is 0 Å². The van der Waals surface area contributed by atoms with Crippen LogP contribution in [0.25, 0.3) is 33.7 Å². The Morgan fingerprint density at radius 2 is 1.44 bits per heavy atom. The molecule has 3 N–H and O–H groups in total. The predicted molar refractivity (Wildman–Crippen MR) is 204 cm³/mol. The summed E-state index contributed by atoms with van der Waals surface area (Å²) in [4.78, 5) is 16.8. The average Bonchev–Trinajstić information content (AvgIpc) is 3.65. The molecule has 8 nitrogen and oxygen atoms in total. The van der Waals surface area contributed by atoms with Crippen LogP contribution in [0.2, 0.25) is 0 Å². The molecule has 1 saturated heterocycles. The fourth-order valence-corrected chi connectivity index (χ4v) is 7.07. The number of aliphatic hydroxyl groups excluding tert-OH is 1. The monoisotopic (exact) mass is 711 g/mol. The summed E-state index contributed by atoms with van der Waals surface area (Å²) in [6, 6.07) is 44.3. The summed E-state index contributed by atoms with van der Waals surface area (Å²) in [7, 11) is 0. The third kappa shape index (κ3) is 8.63. The zero-order chi connectivity index (χ0) is 35.7. The van der Waals surface area contributed by atoms with Gasteiger partial charge in [0.25, 0.3) is 5.22 Å². The molecule has 2 heterocycles. The quantitative estimate of drug-likeness (QED) is 0.109. The van der Waals surface area contributed by atoms with E-state index in [1.807, 2.05) is 116 Å². The van der Waals surface area contributed by atoms with Crippen LogP contribution in [-0.4, -0.2) is 34.5 Å². The second-order valence-electron chi connectivity index (χ2n) is 12.6. The first-order valence-corrected chi connectivity index (χ1v) is 18.5. The molecule has 7 rings (SSSR count). The molecule has 0 aliphatic carbocycles. The van der Waals surface area contributed by atoms with Crippen LogP contribution in [-0.2, 0) is 22.6 Å². The predicted octanol–water partition coefficient (Wildman–Crippen LogP) is 9.32. The number of carbonyl (C=O) groups excluding carboxylic acids is 1. The number of aromatic nitrogens is 1. The zero-order valence-corrected chi connectivity index (χ0v) is 29.7. The van der Waals surface area contributed by atoms with Crippen molar-refractivity contribution in [1.29, 1.82) is 0 Å². The van der Waals surface area contributed by atoms with Gasteiger partial charge in [0.05, 0.1) is 18.8 Å². The van der Waals surface area contributed by atoms with Crippen molar-refractivity contribution >= 4 is 17.8 Å². The summed E-state index contributed by atoms with van der Waals surface area (Å²) in [5.41, 5.74) is 8.70. The molecule has 1 aliphatic heterocycles. The lowest BCUT2D eigenvalue weighted by molar-refractivity contribution is -0.245. The number of carbonyl (C=O) groups is 1. The molecule has 0 unspecified atom stereocenters. The van der Waals surface area contributed by atoms with E-state index in [-0.39, 0.29) is 24.8 Å². The van der Waals surface area contributed by atoms with E-state index in [2.05, 4.69) is 34.9 Å². The molecule has 2 amide bonds. The van der Waals surface area contributed by atoms with E-state index in [0.717, 1.165) is 56.0 Å². The molecule has 1 aromatic heterocycles. The number of aliphatic hydroxyl groups is 1. The maximum Gasteiger partial charge on any atom is 0.315 e. The van der Waals surface area contributed by atoms with Crippen molar-refractivity contribution in [2.45, 2.75) is 50.2 Å². The van der Waals surface area contributed by atoms with Crippen LogP contribution >= 0.6 is 11.8 Å². The Balaban J connectivity index is 1.10. The molecule has 9 heteroatoms. The Kier molecular flexibility index (Phi) is 11.4. The Morgan fingerprint density at radius 1 is 0.750 bits per heavy atom. The van der Waals surface area contributed by atoms with Crippen molar-refractivity contribution in [2.75, 3.05) is 12.3 Å². The molecule has 6 aromatic rings. The highest BCUT2D eigenvalue weighted by atomic mass is 32.2. The van der Waals surface area contributed by atoms with Crippen molar-refractivity contribution in [3.05, 3.63) is 156 Å². The number of ether oxygens (including phenoxy) is 2. The number of thioether (sulfide) groups is 1. The number of hydrogen-bond donors (Lipinski definition) is 3. The lowest BCUT2D eigenvalue weighted by atomic mass is 9.99. The van der Waals surface area contributed by atoms with Crippen LogP contribution in [0.3, 0.4) is 0 Å². The van der Waals surface area contributed by atoms with Gasteiger partial charge < -0.3 is 29.6 Å².